The van der Waals surface area contributed by atoms with Crippen LogP contribution >= 0.6 is 0 Å². The minimum absolute atomic E-state index is 0.0339. The molecule has 3 N–H and O–H groups in total. The van der Waals surface area contributed by atoms with Gasteiger partial charge in [0.1, 0.15) is 0 Å². The fourth-order valence-corrected chi connectivity index (χ4v) is 4.34. The number of rotatable bonds is 2. The van der Waals surface area contributed by atoms with E-state index in [-0.39, 0.29) is 25.0 Å². The van der Waals surface area contributed by atoms with Crippen molar-refractivity contribution in [2.45, 2.75) is 12.1 Å². The molecule has 1 fully saturated rings. The third kappa shape index (κ3) is 1.92. The smallest absolute Gasteiger partial charge is 0.277 e. The molecule has 0 radical (unpaired) electrons. The van der Waals surface area contributed by atoms with Gasteiger partial charge < -0.3 is 9.67 Å². The first kappa shape index (κ1) is 13.9. The quantitative estimate of drug-likeness (QED) is 0.810. The lowest BCUT2D eigenvalue weighted by Crippen LogP contribution is -2.35. The molecule has 1 saturated heterocycles. The van der Waals surface area contributed by atoms with Crippen molar-refractivity contribution in [3.63, 3.8) is 0 Å². The fourth-order valence-electron chi connectivity index (χ4n) is 3.60. The summed E-state index contributed by atoms with van der Waals surface area (Å²) < 4.78 is 26.3. The molecule has 4 rings (SSSR count). The highest BCUT2D eigenvalue weighted by molar-refractivity contribution is 7.86. The third-order valence-electron chi connectivity index (χ3n) is 4.59. The van der Waals surface area contributed by atoms with Gasteiger partial charge in [-0.2, -0.15) is 12.7 Å². The van der Waals surface area contributed by atoms with Crippen LogP contribution in [0.5, 0.6) is 0 Å². The van der Waals surface area contributed by atoms with Crippen LogP contribution in [0.2, 0.25) is 0 Å². The van der Waals surface area contributed by atoms with Crippen molar-refractivity contribution in [2.75, 3.05) is 13.1 Å². The normalized spacial score (nSPS) is 27.8. The van der Waals surface area contributed by atoms with Crippen LogP contribution in [0.15, 0.2) is 36.8 Å². The molecule has 8 heteroatoms. The summed E-state index contributed by atoms with van der Waals surface area (Å²) >= 11 is 0. The molecule has 3 heterocycles. The lowest BCUT2D eigenvalue weighted by atomic mass is 9.90. The topological polar surface area (TPSA) is 101 Å². The first-order chi connectivity index (χ1) is 10.5. The van der Waals surface area contributed by atoms with E-state index < -0.39 is 16.3 Å². The highest BCUT2D eigenvalue weighted by Crippen LogP contribution is 2.45. The highest BCUT2D eigenvalue weighted by atomic mass is 32.2. The Bertz CT molecular complexity index is 832. The molecule has 3 atom stereocenters. The van der Waals surface area contributed by atoms with E-state index in [9.17, 15) is 13.5 Å². The second-order valence-corrected chi connectivity index (χ2v) is 7.36. The molecule has 1 aromatic carbocycles. The first-order valence-electron chi connectivity index (χ1n) is 7.04. The van der Waals surface area contributed by atoms with E-state index in [1.165, 1.54) is 0 Å². The van der Waals surface area contributed by atoms with Crippen molar-refractivity contribution in [2.24, 2.45) is 11.1 Å². The standard InChI is InChI=1S/C14H16N4O3S/c15-22(20,21)17-6-11(13(19)7-17)14-10-4-2-1-3-9(10)12-5-16-8-18(12)14/h1-5,8,11,13-14,19H,6-7H2,(H2,15,20,21)/t11-,13-,14-/m0/s1. The van der Waals surface area contributed by atoms with Gasteiger partial charge in [-0.05, 0) is 5.56 Å². The zero-order valence-electron chi connectivity index (χ0n) is 11.7. The van der Waals surface area contributed by atoms with Crippen LogP contribution in [0.1, 0.15) is 11.6 Å². The Morgan fingerprint density at radius 3 is 2.77 bits per heavy atom. The van der Waals surface area contributed by atoms with Crippen molar-refractivity contribution in [1.82, 2.24) is 13.9 Å². The number of benzene rings is 1. The summed E-state index contributed by atoms with van der Waals surface area (Å²) in [5.41, 5.74) is 3.15. The van der Waals surface area contributed by atoms with E-state index in [0.717, 1.165) is 21.1 Å². The monoisotopic (exact) mass is 320 g/mol. The predicted molar refractivity (Wildman–Crippen MR) is 80.0 cm³/mol. The second-order valence-electron chi connectivity index (χ2n) is 5.81. The van der Waals surface area contributed by atoms with E-state index in [1.807, 2.05) is 28.8 Å². The number of β-amino-alcohol motifs (C(OH)–C–C–N with tert-alkyl or cyclic N) is 1. The summed E-state index contributed by atoms with van der Waals surface area (Å²) in [6.45, 7) is 0.239. The average molecular weight is 320 g/mol. The number of fused-ring (bicyclic) bond motifs is 3. The van der Waals surface area contributed by atoms with Crippen LogP contribution in [0, 0.1) is 5.92 Å². The van der Waals surface area contributed by atoms with Gasteiger partial charge in [-0.25, -0.2) is 10.1 Å². The van der Waals surface area contributed by atoms with Gasteiger partial charge >= 0.3 is 0 Å². The van der Waals surface area contributed by atoms with Gasteiger partial charge in [0.05, 0.1) is 30.4 Å². The Kier molecular flexibility index (Phi) is 2.92. The molecule has 0 unspecified atom stereocenters. The molecule has 0 spiro atoms. The summed E-state index contributed by atoms with van der Waals surface area (Å²) in [6.07, 6.45) is 2.76. The number of hydrogen-bond acceptors (Lipinski definition) is 4. The molecule has 2 aromatic rings. The molecule has 7 nitrogen and oxygen atoms in total. The molecular weight excluding hydrogens is 304 g/mol. The SMILES string of the molecule is NS(=O)(=O)N1C[C@H]([C@@H]2c3ccccc3-c3cncn32)[C@@H](O)C1. The Labute approximate surface area is 128 Å². The van der Waals surface area contributed by atoms with E-state index >= 15 is 0 Å². The molecule has 0 aliphatic carbocycles. The second kappa shape index (κ2) is 4.63. The average Bonchev–Trinajstić information content (AvgIpc) is 3.12. The molecule has 0 amide bonds. The van der Waals surface area contributed by atoms with E-state index in [2.05, 4.69) is 4.98 Å². The molecular formula is C14H16N4O3S. The van der Waals surface area contributed by atoms with Crippen molar-refractivity contribution >= 4 is 10.2 Å². The fraction of sp³-hybridized carbons (Fsp3) is 0.357. The molecule has 116 valence electrons. The lowest BCUT2D eigenvalue weighted by molar-refractivity contribution is 0.126. The third-order valence-corrected chi connectivity index (χ3v) is 5.60. The van der Waals surface area contributed by atoms with Crippen LogP contribution < -0.4 is 5.14 Å². The number of aliphatic hydroxyl groups excluding tert-OH is 1. The summed E-state index contributed by atoms with van der Waals surface area (Å²) in [7, 11) is -3.79. The maximum atomic E-state index is 11.6. The minimum Gasteiger partial charge on any atom is -0.391 e. The summed E-state index contributed by atoms with van der Waals surface area (Å²) in [5, 5.41) is 15.6. The maximum absolute atomic E-state index is 11.6. The number of aromatic nitrogens is 2. The Hall–Kier alpha value is -1.74. The van der Waals surface area contributed by atoms with Crippen LogP contribution in [0.4, 0.5) is 0 Å². The van der Waals surface area contributed by atoms with E-state index in [1.54, 1.807) is 12.5 Å². The molecule has 2 aliphatic heterocycles. The Balaban J connectivity index is 1.78. The van der Waals surface area contributed by atoms with E-state index in [0.29, 0.717) is 0 Å². The van der Waals surface area contributed by atoms with Gasteiger partial charge in [0.2, 0.25) is 0 Å². The van der Waals surface area contributed by atoms with Gasteiger partial charge in [-0.1, -0.05) is 24.3 Å². The van der Waals surface area contributed by atoms with Gasteiger partial charge in [0.25, 0.3) is 10.2 Å². The Morgan fingerprint density at radius 1 is 1.27 bits per heavy atom. The van der Waals surface area contributed by atoms with Crippen molar-refractivity contribution in [3.05, 3.63) is 42.4 Å². The largest absolute Gasteiger partial charge is 0.391 e. The molecule has 1 aromatic heterocycles. The molecule has 2 aliphatic rings. The molecule has 22 heavy (non-hydrogen) atoms. The van der Waals surface area contributed by atoms with Gasteiger partial charge in [-0.3, -0.25) is 0 Å². The van der Waals surface area contributed by atoms with Crippen LogP contribution in [0.25, 0.3) is 11.3 Å². The summed E-state index contributed by atoms with van der Waals surface area (Å²) in [4.78, 5) is 4.18. The zero-order valence-corrected chi connectivity index (χ0v) is 12.5. The maximum Gasteiger partial charge on any atom is 0.277 e. The number of nitrogens with zero attached hydrogens (tertiary/aromatic N) is 3. The zero-order chi connectivity index (χ0) is 15.5. The predicted octanol–water partition coefficient (Wildman–Crippen LogP) is -0.0509. The summed E-state index contributed by atoms with van der Waals surface area (Å²) in [6, 6.07) is 7.81. The van der Waals surface area contributed by atoms with Crippen LogP contribution in [-0.4, -0.2) is 46.6 Å². The number of nitrogens with two attached hydrogens (primary N) is 1. The number of hydrogen-bond donors (Lipinski definition) is 2. The van der Waals surface area contributed by atoms with Gasteiger partial charge in [0, 0.05) is 24.6 Å². The lowest BCUT2D eigenvalue weighted by Gasteiger charge is -2.24. The van der Waals surface area contributed by atoms with Crippen molar-refractivity contribution < 1.29 is 13.5 Å². The van der Waals surface area contributed by atoms with Crippen LogP contribution in [0.3, 0.4) is 0 Å². The molecule has 0 bridgehead atoms. The molecule has 0 saturated carbocycles. The van der Waals surface area contributed by atoms with E-state index in [4.69, 9.17) is 5.14 Å². The number of imidazole rings is 1. The van der Waals surface area contributed by atoms with Gasteiger partial charge in [-0.15, -0.1) is 0 Å². The van der Waals surface area contributed by atoms with Gasteiger partial charge in [0.15, 0.2) is 0 Å². The Morgan fingerprint density at radius 2 is 2.05 bits per heavy atom. The minimum atomic E-state index is -3.79. The van der Waals surface area contributed by atoms with Crippen molar-refractivity contribution in [1.29, 1.82) is 0 Å². The number of aliphatic hydroxyl groups is 1. The van der Waals surface area contributed by atoms with Crippen LogP contribution in [-0.2, 0) is 10.2 Å². The van der Waals surface area contributed by atoms with Crippen molar-refractivity contribution in [3.8, 4) is 11.3 Å². The first-order valence-corrected chi connectivity index (χ1v) is 8.54. The highest BCUT2D eigenvalue weighted by Gasteiger charge is 2.44. The summed E-state index contributed by atoms with van der Waals surface area (Å²) in [5.74, 6) is -0.255.